The molecule has 0 aromatic heterocycles. The lowest BCUT2D eigenvalue weighted by atomic mass is 10.2. The average molecular weight is 380 g/mol. The van der Waals surface area contributed by atoms with Crippen LogP contribution in [0.25, 0.3) is 0 Å². The van der Waals surface area contributed by atoms with Crippen LogP contribution in [0.5, 0.6) is 0 Å². The van der Waals surface area contributed by atoms with Gasteiger partial charge in [0.15, 0.2) is 0 Å². The van der Waals surface area contributed by atoms with Crippen molar-refractivity contribution in [2.24, 2.45) is 5.10 Å². The van der Waals surface area contributed by atoms with E-state index in [1.165, 1.54) is 5.56 Å². The van der Waals surface area contributed by atoms with E-state index < -0.39 is 0 Å². The highest BCUT2D eigenvalue weighted by Gasteiger charge is 2.18. The van der Waals surface area contributed by atoms with E-state index in [-0.39, 0.29) is 5.91 Å². The van der Waals surface area contributed by atoms with E-state index in [9.17, 15) is 4.79 Å². The zero-order valence-electron chi connectivity index (χ0n) is 16.7. The van der Waals surface area contributed by atoms with Crippen LogP contribution in [0.4, 0.5) is 5.69 Å². The van der Waals surface area contributed by atoms with Crippen LogP contribution in [-0.2, 0) is 11.3 Å². The van der Waals surface area contributed by atoms with Crippen molar-refractivity contribution in [3.63, 3.8) is 0 Å². The molecule has 2 aromatic carbocycles. The summed E-state index contributed by atoms with van der Waals surface area (Å²) in [5, 5.41) is 4.08. The van der Waals surface area contributed by atoms with Gasteiger partial charge in [-0.3, -0.25) is 14.6 Å². The van der Waals surface area contributed by atoms with Crippen LogP contribution in [0.1, 0.15) is 11.1 Å². The molecule has 1 saturated heterocycles. The summed E-state index contributed by atoms with van der Waals surface area (Å²) in [5.41, 5.74) is 6.06. The maximum absolute atomic E-state index is 12.1. The predicted octanol–water partition coefficient (Wildman–Crippen LogP) is 2.02. The molecule has 0 saturated carbocycles. The third-order valence-electron chi connectivity index (χ3n) is 4.89. The third-order valence-corrected chi connectivity index (χ3v) is 4.89. The second-order valence-electron chi connectivity index (χ2n) is 7.32. The molecule has 0 atom stereocenters. The molecule has 1 aliphatic heterocycles. The van der Waals surface area contributed by atoms with Gasteiger partial charge in [0.05, 0.1) is 12.8 Å². The van der Waals surface area contributed by atoms with Gasteiger partial charge in [0.1, 0.15) is 0 Å². The first-order chi connectivity index (χ1) is 13.6. The molecular formula is C22H29N5O. The number of amides is 1. The number of piperazine rings is 1. The van der Waals surface area contributed by atoms with E-state index in [1.54, 1.807) is 6.21 Å². The van der Waals surface area contributed by atoms with E-state index in [0.29, 0.717) is 6.54 Å². The summed E-state index contributed by atoms with van der Waals surface area (Å²) < 4.78 is 0. The molecule has 148 valence electrons. The minimum Gasteiger partial charge on any atom is -0.378 e. The number of carbonyl (C=O) groups is 1. The molecule has 0 radical (unpaired) electrons. The molecular weight excluding hydrogens is 350 g/mol. The van der Waals surface area contributed by atoms with Crippen LogP contribution < -0.4 is 10.3 Å². The summed E-state index contributed by atoms with van der Waals surface area (Å²) in [7, 11) is 4.01. The molecule has 28 heavy (non-hydrogen) atoms. The fourth-order valence-electron chi connectivity index (χ4n) is 3.22. The minimum atomic E-state index is -0.0716. The average Bonchev–Trinajstić information content (AvgIpc) is 2.71. The first-order valence-electron chi connectivity index (χ1n) is 9.68. The van der Waals surface area contributed by atoms with E-state index in [0.717, 1.165) is 44.0 Å². The van der Waals surface area contributed by atoms with Crippen LogP contribution in [0, 0.1) is 0 Å². The first-order valence-corrected chi connectivity index (χ1v) is 9.68. The molecule has 3 rings (SSSR count). The Morgan fingerprint density at radius 1 is 1.00 bits per heavy atom. The van der Waals surface area contributed by atoms with Crippen molar-refractivity contribution < 1.29 is 4.79 Å². The lowest BCUT2D eigenvalue weighted by Gasteiger charge is -2.34. The number of anilines is 1. The lowest BCUT2D eigenvalue weighted by molar-refractivity contribution is -0.122. The number of benzene rings is 2. The highest BCUT2D eigenvalue weighted by molar-refractivity contribution is 5.83. The van der Waals surface area contributed by atoms with E-state index in [1.807, 2.05) is 49.3 Å². The number of hydrogen-bond donors (Lipinski definition) is 1. The van der Waals surface area contributed by atoms with Gasteiger partial charge < -0.3 is 4.90 Å². The van der Waals surface area contributed by atoms with Gasteiger partial charge in [0.25, 0.3) is 5.91 Å². The van der Waals surface area contributed by atoms with Crippen molar-refractivity contribution in [3.05, 3.63) is 65.7 Å². The van der Waals surface area contributed by atoms with Gasteiger partial charge in [-0.15, -0.1) is 0 Å². The fourth-order valence-corrected chi connectivity index (χ4v) is 3.22. The Kier molecular flexibility index (Phi) is 7.17. The Morgan fingerprint density at radius 2 is 1.64 bits per heavy atom. The summed E-state index contributed by atoms with van der Waals surface area (Å²) in [6, 6.07) is 18.5. The van der Waals surface area contributed by atoms with Crippen molar-refractivity contribution in [1.82, 2.24) is 15.2 Å². The van der Waals surface area contributed by atoms with Crippen LogP contribution >= 0.6 is 0 Å². The molecule has 0 bridgehead atoms. The van der Waals surface area contributed by atoms with Crippen LogP contribution in [0.2, 0.25) is 0 Å². The van der Waals surface area contributed by atoms with Gasteiger partial charge >= 0.3 is 0 Å². The SMILES string of the molecule is CN(C)c1ccc(C=NNC(=O)CN2CCN(Cc3ccccc3)CC2)cc1. The van der Waals surface area contributed by atoms with E-state index >= 15 is 0 Å². The summed E-state index contributed by atoms with van der Waals surface area (Å²) in [6.45, 7) is 5.10. The quantitative estimate of drug-likeness (QED) is 0.591. The summed E-state index contributed by atoms with van der Waals surface area (Å²) >= 11 is 0. The minimum absolute atomic E-state index is 0.0716. The van der Waals surface area contributed by atoms with Crippen molar-refractivity contribution in [3.8, 4) is 0 Å². The number of hydrazone groups is 1. The monoisotopic (exact) mass is 379 g/mol. The van der Waals surface area contributed by atoms with Gasteiger partial charge in [0.2, 0.25) is 0 Å². The molecule has 1 amide bonds. The highest BCUT2D eigenvalue weighted by Crippen LogP contribution is 2.11. The smallest absolute Gasteiger partial charge is 0.254 e. The van der Waals surface area contributed by atoms with Crippen LogP contribution in [0.15, 0.2) is 59.7 Å². The number of hydrogen-bond acceptors (Lipinski definition) is 5. The number of nitrogens with zero attached hydrogens (tertiary/aromatic N) is 4. The topological polar surface area (TPSA) is 51.2 Å². The van der Waals surface area contributed by atoms with Crippen molar-refractivity contribution in [2.75, 3.05) is 51.7 Å². The normalized spacial score (nSPS) is 15.6. The Bertz CT molecular complexity index is 765. The molecule has 1 N–H and O–H groups in total. The van der Waals surface area contributed by atoms with E-state index in [2.05, 4.69) is 44.6 Å². The summed E-state index contributed by atoms with van der Waals surface area (Å²) in [4.78, 5) is 18.8. The maximum Gasteiger partial charge on any atom is 0.254 e. The Balaban J connectivity index is 1.37. The molecule has 0 aliphatic carbocycles. The fraction of sp³-hybridized carbons (Fsp3) is 0.364. The second kappa shape index (κ2) is 10.0. The third kappa shape index (κ3) is 6.18. The zero-order valence-corrected chi connectivity index (χ0v) is 16.7. The zero-order chi connectivity index (χ0) is 19.8. The second-order valence-corrected chi connectivity index (χ2v) is 7.32. The van der Waals surface area contributed by atoms with Gasteiger partial charge in [-0.25, -0.2) is 5.43 Å². The van der Waals surface area contributed by atoms with Crippen molar-refractivity contribution in [1.29, 1.82) is 0 Å². The molecule has 1 aliphatic rings. The van der Waals surface area contributed by atoms with Crippen LogP contribution in [0.3, 0.4) is 0 Å². The molecule has 1 fully saturated rings. The number of nitrogens with one attached hydrogen (secondary N) is 1. The molecule has 0 spiro atoms. The predicted molar refractivity (Wildman–Crippen MR) is 115 cm³/mol. The van der Waals surface area contributed by atoms with Gasteiger partial charge in [-0.05, 0) is 23.3 Å². The first kappa shape index (κ1) is 20.0. The molecule has 6 heteroatoms. The van der Waals surface area contributed by atoms with Crippen LogP contribution in [-0.4, -0.2) is 68.7 Å². The number of carbonyl (C=O) groups excluding carboxylic acids is 1. The highest BCUT2D eigenvalue weighted by atomic mass is 16.2. The van der Waals surface area contributed by atoms with Gasteiger partial charge in [0, 0.05) is 52.5 Å². The molecule has 1 heterocycles. The summed E-state index contributed by atoms with van der Waals surface area (Å²) in [6.07, 6.45) is 1.68. The Morgan fingerprint density at radius 3 is 2.29 bits per heavy atom. The van der Waals surface area contributed by atoms with Crippen molar-refractivity contribution >= 4 is 17.8 Å². The Labute approximate surface area is 167 Å². The van der Waals surface area contributed by atoms with E-state index in [4.69, 9.17) is 0 Å². The lowest BCUT2D eigenvalue weighted by Crippen LogP contribution is -2.48. The standard InChI is InChI=1S/C22H29N5O/c1-25(2)21-10-8-19(9-11-21)16-23-24-22(28)18-27-14-12-26(13-15-27)17-20-6-4-3-5-7-20/h3-11,16H,12-15,17-18H2,1-2H3,(H,24,28). The maximum atomic E-state index is 12.1. The largest absolute Gasteiger partial charge is 0.378 e. The molecule has 2 aromatic rings. The Hall–Kier alpha value is -2.70. The summed E-state index contributed by atoms with van der Waals surface area (Å²) in [5.74, 6) is -0.0716. The molecule has 0 unspecified atom stereocenters. The van der Waals surface area contributed by atoms with Crippen molar-refractivity contribution in [2.45, 2.75) is 6.54 Å². The number of rotatable bonds is 7. The van der Waals surface area contributed by atoms with Gasteiger partial charge in [-0.2, -0.15) is 5.10 Å². The van der Waals surface area contributed by atoms with Gasteiger partial charge in [-0.1, -0.05) is 42.5 Å². The molecule has 6 nitrogen and oxygen atoms in total.